The first kappa shape index (κ1) is 16.4. The quantitative estimate of drug-likeness (QED) is 0.567. The van der Waals surface area contributed by atoms with Crippen LogP contribution in [0.25, 0.3) is 0 Å². The van der Waals surface area contributed by atoms with Gasteiger partial charge in [0.1, 0.15) is 25.7 Å². The molecule has 9 heteroatoms. The van der Waals surface area contributed by atoms with E-state index in [1.165, 1.54) is 6.92 Å². The predicted octanol–water partition coefficient (Wildman–Crippen LogP) is 0.188. The lowest BCUT2D eigenvalue weighted by Crippen LogP contribution is -2.46. The maximum atomic E-state index is 12.2. The number of hydrogen-bond donors (Lipinski definition) is 2. The molecule has 0 aromatic heterocycles. The summed E-state index contributed by atoms with van der Waals surface area (Å²) in [5, 5.41) is 19.8. The van der Waals surface area contributed by atoms with Crippen molar-refractivity contribution in [2.24, 2.45) is 5.92 Å². The third kappa shape index (κ3) is 3.12. The third-order valence-corrected chi connectivity index (χ3v) is 5.36. The second kappa shape index (κ2) is 5.68. The molecule has 0 aliphatic carbocycles. The van der Waals surface area contributed by atoms with Gasteiger partial charge in [-0.25, -0.2) is 4.57 Å². The average Bonchev–Trinajstić information content (AvgIpc) is 2.56. The van der Waals surface area contributed by atoms with Gasteiger partial charge in [-0.05, 0) is 13.8 Å². The van der Waals surface area contributed by atoms with Crippen molar-refractivity contribution in [3.05, 3.63) is 0 Å². The van der Waals surface area contributed by atoms with E-state index < -0.39 is 31.6 Å². The largest absolute Gasteiger partial charge is 0.475 e. The Hall–Kier alpha value is 0.0549. The topological polar surface area (TPSA) is 94.5 Å². The van der Waals surface area contributed by atoms with Gasteiger partial charge in [0.2, 0.25) is 0 Å². The van der Waals surface area contributed by atoms with Crippen molar-refractivity contribution in [3.63, 3.8) is 0 Å². The van der Waals surface area contributed by atoms with Gasteiger partial charge in [0.05, 0.1) is 19.3 Å². The van der Waals surface area contributed by atoms with Gasteiger partial charge in [-0.1, -0.05) is 6.92 Å². The second-order valence-corrected chi connectivity index (χ2v) is 7.21. The molecule has 2 saturated heterocycles. The van der Waals surface area contributed by atoms with Gasteiger partial charge in [-0.15, -0.1) is 0 Å². The van der Waals surface area contributed by atoms with E-state index in [4.69, 9.17) is 26.2 Å². The molecule has 114 valence electrons. The molecule has 0 aromatic rings. The lowest BCUT2D eigenvalue weighted by atomic mass is 9.82. The van der Waals surface area contributed by atoms with E-state index >= 15 is 0 Å². The third-order valence-electron chi connectivity index (χ3n) is 3.84. The van der Waals surface area contributed by atoms with Crippen LogP contribution in [0.15, 0.2) is 0 Å². The Morgan fingerprint density at radius 2 is 2.15 bits per heavy atom. The van der Waals surface area contributed by atoms with Crippen LogP contribution in [0.2, 0.25) is 0 Å². The maximum Gasteiger partial charge on any atom is 0.475 e. The molecule has 0 bridgehead atoms. The van der Waals surface area contributed by atoms with E-state index in [-0.39, 0.29) is 25.2 Å². The zero-order valence-corrected chi connectivity index (χ0v) is 12.7. The highest BCUT2D eigenvalue weighted by Gasteiger charge is 2.50. The van der Waals surface area contributed by atoms with Crippen molar-refractivity contribution in [2.75, 3.05) is 13.2 Å². The van der Waals surface area contributed by atoms with Crippen LogP contribution in [-0.4, -0.2) is 61.2 Å². The molecule has 0 amide bonds. The van der Waals surface area contributed by atoms with Crippen molar-refractivity contribution in [1.82, 2.24) is 0 Å². The normalized spacial score (nSPS) is 53.1. The Labute approximate surface area is 119 Å². The predicted molar refractivity (Wildman–Crippen MR) is 70.3 cm³/mol. The molecule has 7 atom stereocenters. The number of phosphoric acid groups is 1. The van der Waals surface area contributed by atoms with Crippen LogP contribution in [0.3, 0.4) is 0 Å². The molecule has 20 heavy (non-hydrogen) atoms. The fourth-order valence-corrected chi connectivity index (χ4v) is 3.55. The Bertz CT molecular complexity index is 404. The lowest BCUT2D eigenvalue weighted by Gasteiger charge is -2.32. The zero-order valence-electron chi connectivity index (χ0n) is 11.8. The first-order chi connectivity index (χ1) is 9.16. The molecule has 3 unspecified atom stereocenters. The van der Waals surface area contributed by atoms with Crippen LogP contribution in [0.5, 0.6) is 0 Å². The van der Waals surface area contributed by atoms with Crippen LogP contribution in [0, 0.1) is 5.92 Å². The summed E-state index contributed by atoms with van der Waals surface area (Å²) in [7, 11) is 1.89. The molecular weight excluding hydrogens is 286 g/mol. The van der Waals surface area contributed by atoms with Crippen molar-refractivity contribution < 1.29 is 33.1 Å². The van der Waals surface area contributed by atoms with Gasteiger partial charge in [-0.3, -0.25) is 13.6 Å². The van der Waals surface area contributed by atoms with E-state index in [1.54, 1.807) is 6.92 Å². The van der Waals surface area contributed by atoms with Gasteiger partial charge < -0.3 is 14.9 Å². The minimum Gasteiger partial charge on any atom is -0.387 e. The summed E-state index contributed by atoms with van der Waals surface area (Å²) in [6, 6.07) is -1.04. The summed E-state index contributed by atoms with van der Waals surface area (Å²) >= 11 is 0. The number of hydrogen-bond acceptors (Lipinski definition) is 7. The summed E-state index contributed by atoms with van der Waals surface area (Å²) in [6.07, 6.45) is -2.40. The molecule has 2 aliphatic rings. The van der Waals surface area contributed by atoms with Crippen LogP contribution in [0.4, 0.5) is 0 Å². The standard InChI is InChI=1S/C11H20BO7P/c1-6-4-16-20(15,19-7(6)2)17-5-8-9(13)11(3,14)10(12)18-8/h6-10,13-14H,4-5H2,1-3H3/t6?,7?,8-,9-,10-,11-,20?/m1/s1. The van der Waals surface area contributed by atoms with Crippen LogP contribution < -0.4 is 0 Å². The minimum atomic E-state index is -3.66. The highest BCUT2D eigenvalue weighted by molar-refractivity contribution is 7.48. The van der Waals surface area contributed by atoms with Gasteiger partial charge in [0.25, 0.3) is 0 Å². The molecular formula is C11H20BO7P. The van der Waals surface area contributed by atoms with E-state index in [2.05, 4.69) is 0 Å². The number of phosphoric ester groups is 1. The molecule has 2 fully saturated rings. The number of aliphatic hydroxyl groups excluding tert-OH is 1. The van der Waals surface area contributed by atoms with Gasteiger partial charge in [-0.2, -0.15) is 0 Å². The minimum absolute atomic E-state index is 0.114. The van der Waals surface area contributed by atoms with Crippen LogP contribution in [0.1, 0.15) is 20.8 Å². The van der Waals surface area contributed by atoms with E-state index in [1.807, 2.05) is 6.92 Å². The fraction of sp³-hybridized carbons (Fsp3) is 1.00. The van der Waals surface area contributed by atoms with Crippen molar-refractivity contribution in [2.45, 2.75) is 50.7 Å². The number of ether oxygens (including phenoxy) is 1. The molecule has 2 N–H and O–H groups in total. The van der Waals surface area contributed by atoms with Gasteiger partial charge >= 0.3 is 7.82 Å². The Morgan fingerprint density at radius 1 is 1.50 bits per heavy atom. The van der Waals surface area contributed by atoms with Crippen LogP contribution in [-0.2, 0) is 22.9 Å². The smallest absolute Gasteiger partial charge is 0.387 e. The molecule has 2 rings (SSSR count). The summed E-state index contributed by atoms with van der Waals surface area (Å²) in [5.74, 6) is 0.114. The first-order valence-electron chi connectivity index (χ1n) is 6.55. The van der Waals surface area contributed by atoms with Crippen LogP contribution >= 0.6 is 7.82 Å². The molecule has 2 aliphatic heterocycles. The summed E-state index contributed by atoms with van der Waals surface area (Å²) in [4.78, 5) is 0. The molecule has 0 saturated carbocycles. The van der Waals surface area contributed by atoms with Gasteiger partial charge in [0.15, 0.2) is 0 Å². The van der Waals surface area contributed by atoms with Crippen molar-refractivity contribution in [1.29, 1.82) is 0 Å². The van der Waals surface area contributed by atoms with Crippen molar-refractivity contribution >= 4 is 15.7 Å². The molecule has 0 spiro atoms. The Kier molecular flexibility index (Phi) is 4.67. The first-order valence-corrected chi connectivity index (χ1v) is 8.01. The van der Waals surface area contributed by atoms with E-state index in [0.29, 0.717) is 0 Å². The summed E-state index contributed by atoms with van der Waals surface area (Å²) in [6.45, 7) is 5.08. The Morgan fingerprint density at radius 3 is 2.65 bits per heavy atom. The summed E-state index contributed by atoms with van der Waals surface area (Å²) in [5.41, 5.74) is -1.58. The van der Waals surface area contributed by atoms with Crippen molar-refractivity contribution in [3.8, 4) is 0 Å². The molecule has 0 aromatic carbocycles. The van der Waals surface area contributed by atoms with E-state index in [9.17, 15) is 14.8 Å². The molecule has 2 radical (unpaired) electrons. The van der Waals surface area contributed by atoms with E-state index in [0.717, 1.165) is 0 Å². The zero-order chi connectivity index (χ0) is 15.1. The number of aliphatic hydroxyl groups is 2. The highest BCUT2D eigenvalue weighted by Crippen LogP contribution is 2.54. The Balaban J connectivity index is 1.91. The fourth-order valence-electron chi connectivity index (χ4n) is 1.99. The lowest BCUT2D eigenvalue weighted by molar-refractivity contribution is -0.0520. The highest BCUT2D eigenvalue weighted by atomic mass is 31.2. The SMILES string of the molecule is [B][C@@H]1O[C@H](COP2(=O)OCC(C)C(C)O2)[C@@H](O)[C@@]1(C)O. The second-order valence-electron chi connectivity index (χ2n) is 5.59. The molecule has 2 heterocycles. The average molecular weight is 306 g/mol. The summed E-state index contributed by atoms with van der Waals surface area (Å²) < 4.78 is 32.9. The van der Waals surface area contributed by atoms with Gasteiger partial charge in [0, 0.05) is 11.9 Å². The monoisotopic (exact) mass is 306 g/mol. The number of rotatable bonds is 3. The molecule has 7 nitrogen and oxygen atoms in total. The maximum absolute atomic E-state index is 12.2.